The van der Waals surface area contributed by atoms with Gasteiger partial charge in [0.25, 0.3) is 10.0 Å². The fourth-order valence-electron chi connectivity index (χ4n) is 0.336. The lowest BCUT2D eigenvalue weighted by molar-refractivity contribution is 0.599. The molecule has 0 atom stereocenters. The molecule has 0 aromatic carbocycles. The summed E-state index contributed by atoms with van der Waals surface area (Å²) in [4.78, 5) is 0. The van der Waals surface area contributed by atoms with Crippen LogP contribution in [0.5, 0.6) is 0 Å². The van der Waals surface area contributed by atoms with Gasteiger partial charge < -0.3 is 0 Å². The van der Waals surface area contributed by atoms with Crippen LogP contribution in [0.4, 0.5) is 0 Å². The summed E-state index contributed by atoms with van der Waals surface area (Å²) in [5, 5.41) is 0. The van der Waals surface area contributed by atoms with E-state index in [1.807, 2.05) is 0 Å². The van der Waals surface area contributed by atoms with E-state index < -0.39 is 10.0 Å². The molecule has 0 saturated carbocycles. The van der Waals surface area contributed by atoms with Crippen LogP contribution in [0.15, 0.2) is 4.40 Å². The zero-order valence-corrected chi connectivity index (χ0v) is 9.15. The van der Waals surface area contributed by atoms with Crippen molar-refractivity contribution >= 4 is 37.9 Å². The largest absolute Gasteiger partial charge is 0.254 e. The van der Waals surface area contributed by atoms with Crippen LogP contribution in [-0.4, -0.2) is 31.1 Å². The van der Waals surface area contributed by atoms with Crippen molar-refractivity contribution in [2.24, 2.45) is 4.40 Å². The first-order valence-corrected chi connectivity index (χ1v) is 7.02. The topological polar surface area (TPSA) is 46.5 Å². The van der Waals surface area contributed by atoms with Gasteiger partial charge in [0.15, 0.2) is 0 Å². The lowest BCUT2D eigenvalue weighted by atomic mass is 11.0. The quantitative estimate of drug-likeness (QED) is 0.514. The van der Waals surface area contributed by atoms with Gasteiger partial charge in [0.1, 0.15) is 4.38 Å². The Morgan fingerprint density at radius 3 is 2.09 bits per heavy atom. The molecule has 0 aromatic rings. The minimum atomic E-state index is -3.20. The van der Waals surface area contributed by atoms with Gasteiger partial charge in [-0.3, -0.25) is 0 Å². The second kappa shape index (κ2) is 5.05. The molecule has 0 rings (SSSR count). The molecule has 66 valence electrons. The maximum atomic E-state index is 10.9. The minimum Gasteiger partial charge on any atom is -0.205 e. The highest BCUT2D eigenvalue weighted by molar-refractivity contribution is 8.38. The van der Waals surface area contributed by atoms with E-state index in [0.717, 1.165) is 0 Å². The summed E-state index contributed by atoms with van der Waals surface area (Å²) in [6, 6.07) is 0. The van der Waals surface area contributed by atoms with Gasteiger partial charge in [-0.05, 0) is 19.4 Å². The van der Waals surface area contributed by atoms with Gasteiger partial charge in [-0.1, -0.05) is 0 Å². The Hall–Kier alpha value is 0.320. The SMILES string of the molecule is CCS(=O)(=O)N=C(SC)SC. The first-order chi connectivity index (χ1) is 5.05. The number of rotatable bonds is 2. The third-order valence-electron chi connectivity index (χ3n) is 0.928. The van der Waals surface area contributed by atoms with Gasteiger partial charge in [-0.2, -0.15) is 0 Å². The molecule has 0 radical (unpaired) electrons. The van der Waals surface area contributed by atoms with E-state index in [1.54, 1.807) is 19.4 Å². The summed E-state index contributed by atoms with van der Waals surface area (Å²) in [6.45, 7) is 1.58. The molecule has 0 aliphatic carbocycles. The second-order valence-corrected chi connectivity index (χ2v) is 5.41. The monoisotopic (exact) mass is 213 g/mol. The maximum Gasteiger partial charge on any atom is 0.254 e. The average Bonchev–Trinajstić information content (AvgIpc) is 2.00. The van der Waals surface area contributed by atoms with Crippen LogP contribution >= 0.6 is 23.5 Å². The van der Waals surface area contributed by atoms with Crippen molar-refractivity contribution in [2.45, 2.75) is 6.92 Å². The Bertz CT molecular complexity index is 226. The molecule has 3 nitrogen and oxygen atoms in total. The number of sulfonamides is 1. The molecular formula is C5H11NO2S3. The number of hydrogen-bond acceptors (Lipinski definition) is 4. The normalized spacial score (nSPS) is 11.2. The molecule has 0 aliphatic heterocycles. The number of nitrogens with zero attached hydrogens (tertiary/aromatic N) is 1. The van der Waals surface area contributed by atoms with Crippen molar-refractivity contribution in [2.75, 3.05) is 18.3 Å². The van der Waals surface area contributed by atoms with E-state index in [2.05, 4.69) is 4.40 Å². The van der Waals surface area contributed by atoms with Crippen molar-refractivity contribution in [3.05, 3.63) is 0 Å². The predicted molar refractivity (Wildman–Crippen MR) is 53.9 cm³/mol. The fraction of sp³-hybridized carbons (Fsp3) is 0.800. The number of thioether (sulfide) groups is 2. The van der Waals surface area contributed by atoms with Crippen LogP contribution in [0.3, 0.4) is 0 Å². The van der Waals surface area contributed by atoms with Crippen LogP contribution in [0.25, 0.3) is 0 Å². The predicted octanol–water partition coefficient (Wildman–Crippen LogP) is 1.42. The number of hydrogen-bond donors (Lipinski definition) is 0. The van der Waals surface area contributed by atoms with Crippen LogP contribution in [0.1, 0.15) is 6.92 Å². The van der Waals surface area contributed by atoms with Gasteiger partial charge in [0, 0.05) is 0 Å². The molecule has 0 N–H and O–H groups in total. The highest BCUT2D eigenvalue weighted by Gasteiger charge is 2.05. The van der Waals surface area contributed by atoms with E-state index in [-0.39, 0.29) is 5.75 Å². The highest BCUT2D eigenvalue weighted by Crippen LogP contribution is 2.12. The Balaban J connectivity index is 4.52. The molecule has 11 heavy (non-hydrogen) atoms. The fourth-order valence-corrected chi connectivity index (χ4v) is 2.64. The Labute approximate surface area is 76.1 Å². The molecule has 0 aliphatic rings. The molecule has 0 unspecified atom stereocenters. The van der Waals surface area contributed by atoms with Crippen molar-refractivity contribution in [3.8, 4) is 0 Å². The van der Waals surface area contributed by atoms with Gasteiger partial charge in [0.05, 0.1) is 5.75 Å². The van der Waals surface area contributed by atoms with Gasteiger partial charge in [-0.25, -0.2) is 8.42 Å². The van der Waals surface area contributed by atoms with E-state index in [9.17, 15) is 8.42 Å². The molecule has 0 heterocycles. The van der Waals surface area contributed by atoms with E-state index in [0.29, 0.717) is 4.38 Å². The molecule has 6 heteroatoms. The van der Waals surface area contributed by atoms with Gasteiger partial charge in [-0.15, -0.1) is 27.9 Å². The molecule has 0 saturated heterocycles. The minimum absolute atomic E-state index is 0.0671. The van der Waals surface area contributed by atoms with Crippen LogP contribution < -0.4 is 0 Å². The Morgan fingerprint density at radius 1 is 1.36 bits per heavy atom. The zero-order chi connectivity index (χ0) is 8.91. The zero-order valence-electron chi connectivity index (χ0n) is 6.70. The van der Waals surface area contributed by atoms with Crippen molar-refractivity contribution in [1.82, 2.24) is 0 Å². The summed E-state index contributed by atoms with van der Waals surface area (Å²) in [5.41, 5.74) is 0. The molecule has 0 amide bonds. The van der Waals surface area contributed by atoms with Crippen molar-refractivity contribution in [1.29, 1.82) is 0 Å². The summed E-state index contributed by atoms with van der Waals surface area (Å²) >= 11 is 2.69. The molecule has 0 spiro atoms. The van der Waals surface area contributed by atoms with Crippen LogP contribution in [-0.2, 0) is 10.0 Å². The maximum absolute atomic E-state index is 10.9. The summed E-state index contributed by atoms with van der Waals surface area (Å²) in [7, 11) is -3.20. The van der Waals surface area contributed by atoms with Gasteiger partial charge in [0.2, 0.25) is 0 Å². The Morgan fingerprint density at radius 2 is 1.82 bits per heavy atom. The van der Waals surface area contributed by atoms with Crippen molar-refractivity contribution < 1.29 is 8.42 Å². The smallest absolute Gasteiger partial charge is 0.205 e. The summed E-state index contributed by atoms with van der Waals surface area (Å²) in [5.74, 6) is 0.0671. The van der Waals surface area contributed by atoms with Crippen molar-refractivity contribution in [3.63, 3.8) is 0 Å². The first-order valence-electron chi connectivity index (χ1n) is 2.96. The van der Waals surface area contributed by atoms with Crippen LogP contribution in [0.2, 0.25) is 0 Å². The lowest BCUT2D eigenvalue weighted by Crippen LogP contribution is -2.00. The van der Waals surface area contributed by atoms with Crippen LogP contribution in [0, 0.1) is 0 Å². The Kier molecular flexibility index (Phi) is 5.20. The third kappa shape index (κ3) is 4.71. The second-order valence-electron chi connectivity index (χ2n) is 1.64. The molecule has 0 fully saturated rings. The summed E-state index contributed by atoms with van der Waals surface area (Å²) < 4.78 is 26.0. The molecular weight excluding hydrogens is 202 g/mol. The first kappa shape index (κ1) is 11.3. The van der Waals surface area contributed by atoms with E-state index in [4.69, 9.17) is 0 Å². The lowest BCUT2D eigenvalue weighted by Gasteiger charge is -1.96. The van der Waals surface area contributed by atoms with Gasteiger partial charge >= 0.3 is 0 Å². The van der Waals surface area contributed by atoms with E-state index >= 15 is 0 Å². The summed E-state index contributed by atoms with van der Waals surface area (Å²) in [6.07, 6.45) is 3.61. The standard InChI is InChI=1S/C5H11NO2S3/c1-4-11(7,8)6-5(9-2)10-3/h4H2,1-3H3. The third-order valence-corrected chi connectivity index (χ3v) is 4.23. The molecule has 0 bridgehead atoms. The van der Waals surface area contributed by atoms with E-state index in [1.165, 1.54) is 23.5 Å². The molecule has 0 aromatic heterocycles. The average molecular weight is 213 g/mol. The highest BCUT2D eigenvalue weighted by atomic mass is 32.2.